The van der Waals surface area contributed by atoms with Crippen molar-refractivity contribution in [2.75, 3.05) is 20.1 Å². The van der Waals surface area contributed by atoms with Gasteiger partial charge in [-0.15, -0.1) is 0 Å². The molecule has 2 aromatic carbocycles. The van der Waals surface area contributed by atoms with Crippen molar-refractivity contribution in [2.45, 2.75) is 24.8 Å². The molecule has 0 radical (unpaired) electrons. The van der Waals surface area contributed by atoms with E-state index in [9.17, 15) is 0 Å². The van der Waals surface area contributed by atoms with Crippen LogP contribution in [0.4, 0.5) is 0 Å². The van der Waals surface area contributed by atoms with Crippen LogP contribution in [0, 0.1) is 0 Å². The van der Waals surface area contributed by atoms with Crippen LogP contribution in [-0.4, -0.2) is 30.7 Å². The molecule has 1 unspecified atom stereocenters. The van der Waals surface area contributed by atoms with E-state index in [0.29, 0.717) is 5.41 Å². The van der Waals surface area contributed by atoms with Gasteiger partial charge in [-0.1, -0.05) is 54.6 Å². The second kappa shape index (κ2) is 5.06. The van der Waals surface area contributed by atoms with Gasteiger partial charge in [0.2, 0.25) is 0 Å². The van der Waals surface area contributed by atoms with Gasteiger partial charge in [-0.05, 0) is 30.7 Å². The molecular weight excluding hydrogens is 268 g/mol. The maximum absolute atomic E-state index is 5.09. The summed E-state index contributed by atoms with van der Waals surface area (Å²) in [7, 11) is 2.20. The first kappa shape index (κ1) is 13.7. The molecule has 1 heterocycles. The van der Waals surface area contributed by atoms with E-state index in [1.165, 1.54) is 22.4 Å². The van der Waals surface area contributed by atoms with Crippen LogP contribution in [0.5, 0.6) is 0 Å². The molecule has 0 amide bonds. The Kier molecular flexibility index (Phi) is 3.16. The fraction of sp³-hybridized carbons (Fsp3) is 0.350. The quantitative estimate of drug-likeness (QED) is 0.821. The smallest absolute Gasteiger partial charge is 0.0724 e. The minimum atomic E-state index is 0.220. The van der Waals surface area contributed by atoms with E-state index >= 15 is 0 Å². The SMILES string of the molecule is CC(N=C1CC2(CN(C)C2)c2ccccc21)c1ccccc1. The Bertz CT molecular complexity index is 711. The van der Waals surface area contributed by atoms with Gasteiger partial charge in [-0.2, -0.15) is 0 Å². The monoisotopic (exact) mass is 290 g/mol. The number of likely N-dealkylation sites (N-methyl/N-ethyl adjacent to an activating group) is 1. The largest absolute Gasteiger partial charge is 0.304 e. The Balaban J connectivity index is 1.70. The molecule has 2 aromatic rings. The second-order valence-electron chi connectivity index (χ2n) is 6.84. The van der Waals surface area contributed by atoms with E-state index in [1.807, 2.05) is 0 Å². The highest BCUT2D eigenvalue weighted by atomic mass is 15.2. The highest BCUT2D eigenvalue weighted by molar-refractivity contribution is 6.06. The Hall–Kier alpha value is -1.93. The van der Waals surface area contributed by atoms with Crippen LogP contribution in [0.3, 0.4) is 0 Å². The van der Waals surface area contributed by atoms with Crippen molar-refractivity contribution in [3.8, 4) is 0 Å². The van der Waals surface area contributed by atoms with Gasteiger partial charge in [-0.25, -0.2) is 0 Å². The predicted molar refractivity (Wildman–Crippen MR) is 91.6 cm³/mol. The van der Waals surface area contributed by atoms with Gasteiger partial charge < -0.3 is 4.90 Å². The van der Waals surface area contributed by atoms with Gasteiger partial charge >= 0.3 is 0 Å². The van der Waals surface area contributed by atoms with E-state index in [-0.39, 0.29) is 6.04 Å². The molecule has 1 atom stereocenters. The molecule has 0 bridgehead atoms. The topological polar surface area (TPSA) is 15.6 Å². The lowest BCUT2D eigenvalue weighted by Gasteiger charge is -2.46. The van der Waals surface area contributed by atoms with Gasteiger partial charge in [0.1, 0.15) is 0 Å². The summed E-state index contributed by atoms with van der Waals surface area (Å²) in [5, 5.41) is 0. The molecule has 1 aliphatic carbocycles. The van der Waals surface area contributed by atoms with Gasteiger partial charge in [0.05, 0.1) is 6.04 Å². The van der Waals surface area contributed by atoms with Crippen LogP contribution in [0.15, 0.2) is 59.6 Å². The van der Waals surface area contributed by atoms with Crippen molar-refractivity contribution < 1.29 is 0 Å². The number of nitrogens with zero attached hydrogens (tertiary/aromatic N) is 2. The molecule has 0 aromatic heterocycles. The van der Waals surface area contributed by atoms with Crippen LogP contribution in [0.1, 0.15) is 36.1 Å². The second-order valence-corrected chi connectivity index (χ2v) is 6.84. The highest BCUT2D eigenvalue weighted by Gasteiger charge is 2.49. The van der Waals surface area contributed by atoms with Crippen molar-refractivity contribution in [3.05, 3.63) is 71.3 Å². The summed E-state index contributed by atoms with van der Waals surface area (Å²) in [6.45, 7) is 4.51. The zero-order chi connectivity index (χ0) is 15.2. The number of aliphatic imine (C=N–C) groups is 1. The number of benzene rings is 2. The van der Waals surface area contributed by atoms with Gasteiger partial charge in [0.15, 0.2) is 0 Å². The Morgan fingerprint density at radius 1 is 1.00 bits per heavy atom. The van der Waals surface area contributed by atoms with E-state index in [2.05, 4.69) is 73.5 Å². The summed E-state index contributed by atoms with van der Waals surface area (Å²) in [6, 6.07) is 19.7. The number of rotatable bonds is 2. The number of likely N-dealkylation sites (tertiary alicyclic amines) is 1. The summed E-state index contributed by atoms with van der Waals surface area (Å²) in [5.41, 5.74) is 5.78. The van der Waals surface area contributed by atoms with Crippen LogP contribution in [0.25, 0.3) is 0 Å². The third-order valence-corrected chi connectivity index (χ3v) is 5.09. The minimum absolute atomic E-state index is 0.220. The summed E-state index contributed by atoms with van der Waals surface area (Å²) in [5.74, 6) is 0. The van der Waals surface area contributed by atoms with Crippen LogP contribution in [-0.2, 0) is 5.41 Å². The zero-order valence-electron chi connectivity index (χ0n) is 13.3. The fourth-order valence-corrected chi connectivity index (χ4v) is 4.13. The summed E-state index contributed by atoms with van der Waals surface area (Å²) < 4.78 is 0. The zero-order valence-corrected chi connectivity index (χ0v) is 13.3. The van der Waals surface area contributed by atoms with E-state index in [0.717, 1.165) is 19.5 Å². The van der Waals surface area contributed by atoms with E-state index < -0.39 is 0 Å². The van der Waals surface area contributed by atoms with Crippen molar-refractivity contribution in [2.24, 2.45) is 4.99 Å². The number of hydrogen-bond acceptors (Lipinski definition) is 2. The first-order valence-corrected chi connectivity index (χ1v) is 8.08. The first-order valence-electron chi connectivity index (χ1n) is 8.08. The minimum Gasteiger partial charge on any atom is -0.304 e. The third kappa shape index (κ3) is 2.10. The maximum atomic E-state index is 5.09. The lowest BCUT2D eigenvalue weighted by molar-refractivity contribution is 0.103. The fourth-order valence-electron chi connectivity index (χ4n) is 4.13. The van der Waals surface area contributed by atoms with Gasteiger partial charge in [-0.3, -0.25) is 4.99 Å². The molecular formula is C20H22N2. The van der Waals surface area contributed by atoms with Crippen molar-refractivity contribution in [1.82, 2.24) is 4.90 Å². The third-order valence-electron chi connectivity index (χ3n) is 5.09. The molecule has 22 heavy (non-hydrogen) atoms. The normalized spacial score (nSPS) is 22.5. The lowest BCUT2D eigenvalue weighted by atomic mass is 9.75. The highest BCUT2D eigenvalue weighted by Crippen LogP contribution is 2.45. The van der Waals surface area contributed by atoms with Crippen LogP contribution in [0.2, 0.25) is 0 Å². The first-order chi connectivity index (χ1) is 10.7. The van der Waals surface area contributed by atoms with Gasteiger partial charge in [0, 0.05) is 30.6 Å². The predicted octanol–water partition coefficient (Wildman–Crippen LogP) is 3.82. The molecule has 0 N–H and O–H groups in total. The Morgan fingerprint density at radius 3 is 2.41 bits per heavy atom. The number of fused-ring (bicyclic) bond motifs is 2. The van der Waals surface area contributed by atoms with Gasteiger partial charge in [0.25, 0.3) is 0 Å². The maximum Gasteiger partial charge on any atom is 0.0724 e. The van der Waals surface area contributed by atoms with Crippen molar-refractivity contribution >= 4 is 5.71 Å². The lowest BCUT2D eigenvalue weighted by Crippen LogP contribution is -2.56. The number of hydrogen-bond donors (Lipinski definition) is 0. The molecule has 0 saturated carbocycles. The van der Waals surface area contributed by atoms with Crippen molar-refractivity contribution in [1.29, 1.82) is 0 Å². The summed E-state index contributed by atoms with van der Waals surface area (Å²) in [4.78, 5) is 7.49. The average molecular weight is 290 g/mol. The standard InChI is InChI=1S/C20H22N2/c1-15(16-8-4-3-5-9-16)21-19-12-20(13-22(2)14-20)18-11-7-6-10-17(18)19/h3-11,15H,12-14H2,1-2H3. The molecule has 4 rings (SSSR count). The molecule has 1 saturated heterocycles. The van der Waals surface area contributed by atoms with Crippen LogP contribution < -0.4 is 0 Å². The molecule has 1 spiro atoms. The summed E-state index contributed by atoms with van der Waals surface area (Å²) in [6.07, 6.45) is 1.09. The van der Waals surface area contributed by atoms with Crippen LogP contribution >= 0.6 is 0 Å². The van der Waals surface area contributed by atoms with E-state index in [1.54, 1.807) is 0 Å². The Labute approximate surface area is 132 Å². The molecule has 1 aliphatic heterocycles. The van der Waals surface area contributed by atoms with E-state index in [4.69, 9.17) is 4.99 Å². The molecule has 2 aliphatic rings. The molecule has 2 heteroatoms. The average Bonchev–Trinajstić information content (AvgIpc) is 2.83. The molecule has 112 valence electrons. The molecule has 1 fully saturated rings. The van der Waals surface area contributed by atoms with Crippen molar-refractivity contribution in [3.63, 3.8) is 0 Å². The summed E-state index contributed by atoms with van der Waals surface area (Å²) >= 11 is 0. The molecule has 2 nitrogen and oxygen atoms in total. The Morgan fingerprint density at radius 2 is 1.68 bits per heavy atom.